The lowest BCUT2D eigenvalue weighted by Gasteiger charge is -2.34. The second-order valence-corrected chi connectivity index (χ2v) is 4.46. The molecule has 2 N–H and O–H groups in total. The number of methoxy groups -OCH3 is 1. The molecule has 0 aliphatic carbocycles. The van der Waals surface area contributed by atoms with E-state index in [2.05, 4.69) is 11.9 Å². The summed E-state index contributed by atoms with van der Waals surface area (Å²) in [4.78, 5) is 2.42. The molecule has 2 unspecified atom stereocenters. The van der Waals surface area contributed by atoms with Crippen molar-refractivity contribution in [2.45, 2.75) is 19.3 Å². The molecule has 1 saturated heterocycles. The molecular weight excluding hydrogens is 176 g/mol. The number of likely N-dealkylation sites (tertiary alicyclic amines) is 1. The fourth-order valence-corrected chi connectivity index (χ4v) is 2.47. The molecule has 1 heterocycles. The first-order valence-corrected chi connectivity index (χ1v) is 5.65. The Morgan fingerprint density at radius 1 is 1.57 bits per heavy atom. The van der Waals surface area contributed by atoms with Crippen LogP contribution in [0.3, 0.4) is 0 Å². The van der Waals surface area contributed by atoms with Crippen LogP contribution in [0.1, 0.15) is 19.3 Å². The fraction of sp³-hybridized carbons (Fsp3) is 1.00. The lowest BCUT2D eigenvalue weighted by Crippen LogP contribution is -2.37. The van der Waals surface area contributed by atoms with Gasteiger partial charge in [-0.05, 0) is 51.2 Å². The van der Waals surface area contributed by atoms with Crippen LogP contribution >= 0.6 is 0 Å². The maximum atomic E-state index is 5.63. The first kappa shape index (κ1) is 12.0. The van der Waals surface area contributed by atoms with Gasteiger partial charge in [0.2, 0.25) is 0 Å². The van der Waals surface area contributed by atoms with Crippen LogP contribution in [0, 0.1) is 11.8 Å². The minimum Gasteiger partial charge on any atom is -0.384 e. The molecule has 0 aromatic carbocycles. The van der Waals surface area contributed by atoms with Crippen molar-refractivity contribution in [2.75, 3.05) is 40.4 Å². The van der Waals surface area contributed by atoms with Gasteiger partial charge in [-0.25, -0.2) is 0 Å². The molecule has 14 heavy (non-hydrogen) atoms. The predicted molar refractivity (Wildman–Crippen MR) is 59.3 cm³/mol. The Labute approximate surface area is 87.6 Å². The van der Waals surface area contributed by atoms with Crippen molar-refractivity contribution in [3.63, 3.8) is 0 Å². The molecule has 0 spiro atoms. The molecule has 3 heteroatoms. The zero-order chi connectivity index (χ0) is 10.4. The van der Waals surface area contributed by atoms with Crippen LogP contribution in [-0.4, -0.2) is 45.3 Å². The van der Waals surface area contributed by atoms with E-state index in [0.29, 0.717) is 5.92 Å². The Balaban J connectivity index is 2.39. The van der Waals surface area contributed by atoms with Gasteiger partial charge in [-0.3, -0.25) is 0 Å². The summed E-state index contributed by atoms with van der Waals surface area (Å²) in [5, 5.41) is 0. The summed E-state index contributed by atoms with van der Waals surface area (Å²) in [7, 11) is 3.99. The highest BCUT2D eigenvalue weighted by molar-refractivity contribution is 4.77. The third kappa shape index (κ3) is 3.56. The zero-order valence-electron chi connectivity index (χ0n) is 9.54. The molecule has 1 rings (SSSR count). The van der Waals surface area contributed by atoms with E-state index in [1.807, 2.05) is 0 Å². The van der Waals surface area contributed by atoms with Gasteiger partial charge >= 0.3 is 0 Å². The summed E-state index contributed by atoms with van der Waals surface area (Å²) in [5.74, 6) is 1.45. The number of piperidine rings is 1. The Hall–Kier alpha value is -0.120. The van der Waals surface area contributed by atoms with Crippen molar-refractivity contribution < 1.29 is 4.74 Å². The van der Waals surface area contributed by atoms with Crippen LogP contribution in [0.4, 0.5) is 0 Å². The third-order valence-corrected chi connectivity index (χ3v) is 3.25. The van der Waals surface area contributed by atoms with Crippen molar-refractivity contribution in [3.8, 4) is 0 Å². The van der Waals surface area contributed by atoms with E-state index in [0.717, 1.165) is 25.5 Å². The number of ether oxygens (including phenoxy) is 1. The number of nitrogens with two attached hydrogens (primary N) is 1. The van der Waals surface area contributed by atoms with Crippen LogP contribution in [0.5, 0.6) is 0 Å². The van der Waals surface area contributed by atoms with Crippen molar-refractivity contribution >= 4 is 0 Å². The largest absolute Gasteiger partial charge is 0.384 e. The summed E-state index contributed by atoms with van der Waals surface area (Å²) in [6, 6.07) is 0. The maximum Gasteiger partial charge on any atom is 0.0494 e. The number of nitrogens with zero attached hydrogens (tertiary/aromatic N) is 1. The van der Waals surface area contributed by atoms with Crippen LogP contribution in [0.25, 0.3) is 0 Å². The van der Waals surface area contributed by atoms with E-state index < -0.39 is 0 Å². The number of hydrogen-bond donors (Lipinski definition) is 1. The topological polar surface area (TPSA) is 38.5 Å². The van der Waals surface area contributed by atoms with Crippen molar-refractivity contribution in [3.05, 3.63) is 0 Å². The van der Waals surface area contributed by atoms with Gasteiger partial charge in [0.15, 0.2) is 0 Å². The lowest BCUT2D eigenvalue weighted by molar-refractivity contribution is 0.0792. The molecule has 0 bridgehead atoms. The average Bonchev–Trinajstić information content (AvgIpc) is 2.17. The molecule has 0 aromatic rings. The highest BCUT2D eigenvalue weighted by Gasteiger charge is 2.25. The third-order valence-electron chi connectivity index (χ3n) is 3.25. The van der Waals surface area contributed by atoms with E-state index in [-0.39, 0.29) is 0 Å². The standard InChI is InChI=1S/C11H24N2O/c1-13-7-3-4-10(8-13)11(5-6-12)9-14-2/h10-11H,3-9,12H2,1-2H3. The summed E-state index contributed by atoms with van der Waals surface area (Å²) < 4.78 is 5.27. The molecule has 84 valence electrons. The van der Waals surface area contributed by atoms with E-state index in [1.165, 1.54) is 25.9 Å². The van der Waals surface area contributed by atoms with Gasteiger partial charge in [-0.1, -0.05) is 0 Å². The summed E-state index contributed by atoms with van der Waals surface area (Å²) in [5.41, 5.74) is 5.63. The van der Waals surface area contributed by atoms with Gasteiger partial charge in [-0.15, -0.1) is 0 Å². The zero-order valence-corrected chi connectivity index (χ0v) is 9.54. The smallest absolute Gasteiger partial charge is 0.0494 e. The Morgan fingerprint density at radius 3 is 2.93 bits per heavy atom. The first-order chi connectivity index (χ1) is 6.77. The van der Waals surface area contributed by atoms with Gasteiger partial charge in [0.25, 0.3) is 0 Å². The van der Waals surface area contributed by atoms with E-state index in [9.17, 15) is 0 Å². The van der Waals surface area contributed by atoms with Crippen LogP contribution in [0.15, 0.2) is 0 Å². The molecular formula is C11H24N2O. The van der Waals surface area contributed by atoms with E-state index in [4.69, 9.17) is 10.5 Å². The normalized spacial score (nSPS) is 26.4. The Kier molecular flexibility index (Phi) is 5.45. The quantitative estimate of drug-likeness (QED) is 0.718. The molecule has 3 nitrogen and oxygen atoms in total. The van der Waals surface area contributed by atoms with Crippen LogP contribution in [0.2, 0.25) is 0 Å². The minimum atomic E-state index is 0.660. The molecule has 2 atom stereocenters. The van der Waals surface area contributed by atoms with Gasteiger partial charge < -0.3 is 15.4 Å². The molecule has 1 aliphatic heterocycles. The maximum absolute atomic E-state index is 5.63. The van der Waals surface area contributed by atoms with Gasteiger partial charge in [0.1, 0.15) is 0 Å². The summed E-state index contributed by atoms with van der Waals surface area (Å²) in [6.07, 6.45) is 3.77. The molecule has 1 fully saturated rings. The highest BCUT2D eigenvalue weighted by atomic mass is 16.5. The molecule has 0 aromatic heterocycles. The van der Waals surface area contributed by atoms with Crippen molar-refractivity contribution in [2.24, 2.45) is 17.6 Å². The summed E-state index contributed by atoms with van der Waals surface area (Å²) in [6.45, 7) is 4.12. The lowest BCUT2D eigenvalue weighted by atomic mass is 9.84. The Bertz CT molecular complexity index is 143. The van der Waals surface area contributed by atoms with E-state index in [1.54, 1.807) is 7.11 Å². The van der Waals surface area contributed by atoms with Crippen LogP contribution in [-0.2, 0) is 4.74 Å². The minimum absolute atomic E-state index is 0.660. The SMILES string of the molecule is COCC(CCN)C1CCCN(C)C1. The number of rotatable bonds is 5. The van der Waals surface area contributed by atoms with Gasteiger partial charge in [0.05, 0.1) is 0 Å². The van der Waals surface area contributed by atoms with Gasteiger partial charge in [-0.2, -0.15) is 0 Å². The molecule has 0 amide bonds. The van der Waals surface area contributed by atoms with Crippen molar-refractivity contribution in [1.29, 1.82) is 0 Å². The molecule has 0 radical (unpaired) electrons. The second-order valence-electron chi connectivity index (χ2n) is 4.46. The van der Waals surface area contributed by atoms with Crippen LogP contribution < -0.4 is 5.73 Å². The second kappa shape index (κ2) is 6.38. The average molecular weight is 200 g/mol. The summed E-state index contributed by atoms with van der Waals surface area (Å²) >= 11 is 0. The fourth-order valence-electron chi connectivity index (χ4n) is 2.47. The number of hydrogen-bond acceptors (Lipinski definition) is 3. The predicted octanol–water partition coefficient (Wildman–Crippen LogP) is 0.940. The molecule has 0 saturated carbocycles. The van der Waals surface area contributed by atoms with Crippen molar-refractivity contribution in [1.82, 2.24) is 4.90 Å². The first-order valence-electron chi connectivity index (χ1n) is 5.65. The molecule has 1 aliphatic rings. The van der Waals surface area contributed by atoms with Gasteiger partial charge in [0, 0.05) is 20.3 Å². The Morgan fingerprint density at radius 2 is 2.36 bits per heavy atom. The highest BCUT2D eigenvalue weighted by Crippen LogP contribution is 2.25. The van der Waals surface area contributed by atoms with E-state index >= 15 is 0 Å². The monoisotopic (exact) mass is 200 g/mol.